The first-order valence-corrected chi connectivity index (χ1v) is 5.04. The predicted octanol–water partition coefficient (Wildman–Crippen LogP) is 1.98. The SMILES string of the molecule is CCOC(=O)C(C)(C#N)N=C(Br)Br. The third-order valence-electron chi connectivity index (χ3n) is 1.20. The van der Waals surface area contributed by atoms with Crippen molar-refractivity contribution in [2.75, 3.05) is 6.61 Å². The quantitative estimate of drug-likeness (QED) is 0.591. The second kappa shape index (κ2) is 5.35. The molecule has 0 aliphatic rings. The minimum absolute atomic E-state index is 0.228. The summed E-state index contributed by atoms with van der Waals surface area (Å²) in [5.74, 6) is -0.658. The molecule has 0 radical (unpaired) electrons. The molecule has 0 aliphatic heterocycles. The van der Waals surface area contributed by atoms with Gasteiger partial charge in [0, 0.05) is 0 Å². The Kier molecular flexibility index (Phi) is 5.18. The van der Waals surface area contributed by atoms with E-state index >= 15 is 0 Å². The van der Waals surface area contributed by atoms with Gasteiger partial charge >= 0.3 is 5.97 Å². The van der Waals surface area contributed by atoms with E-state index in [1.807, 2.05) is 0 Å². The summed E-state index contributed by atoms with van der Waals surface area (Å²) in [5.41, 5.74) is -1.49. The molecule has 0 aromatic carbocycles. The van der Waals surface area contributed by atoms with Gasteiger partial charge < -0.3 is 4.74 Å². The van der Waals surface area contributed by atoms with Crippen molar-refractivity contribution in [3.63, 3.8) is 0 Å². The number of carbonyl (C=O) groups is 1. The Hall–Kier alpha value is -0.410. The molecule has 0 aliphatic carbocycles. The third-order valence-corrected chi connectivity index (χ3v) is 1.55. The Morgan fingerprint density at radius 1 is 1.69 bits per heavy atom. The van der Waals surface area contributed by atoms with E-state index < -0.39 is 11.5 Å². The molecule has 0 aromatic heterocycles. The van der Waals surface area contributed by atoms with Crippen LogP contribution in [0.3, 0.4) is 0 Å². The van der Waals surface area contributed by atoms with Gasteiger partial charge in [0.05, 0.1) is 6.61 Å². The van der Waals surface area contributed by atoms with Gasteiger partial charge in [0.2, 0.25) is 5.54 Å². The van der Waals surface area contributed by atoms with Gasteiger partial charge in [-0.25, -0.2) is 9.79 Å². The summed E-state index contributed by atoms with van der Waals surface area (Å²) in [6, 6.07) is 1.77. The number of nitrogens with zero attached hydrogens (tertiary/aromatic N) is 2. The van der Waals surface area contributed by atoms with E-state index in [1.54, 1.807) is 13.0 Å². The maximum Gasteiger partial charge on any atom is 0.348 e. The zero-order chi connectivity index (χ0) is 10.5. The van der Waals surface area contributed by atoms with Gasteiger partial charge in [0.1, 0.15) is 9.60 Å². The fraction of sp³-hybridized carbons (Fsp3) is 0.571. The molecule has 72 valence electrons. The zero-order valence-electron chi connectivity index (χ0n) is 7.17. The monoisotopic (exact) mass is 310 g/mol. The molecule has 0 bridgehead atoms. The molecule has 0 fully saturated rings. The van der Waals surface area contributed by atoms with Crippen LogP contribution in [0.2, 0.25) is 0 Å². The number of ether oxygens (including phenoxy) is 1. The van der Waals surface area contributed by atoms with Crippen LogP contribution in [-0.4, -0.2) is 21.6 Å². The summed E-state index contributed by atoms with van der Waals surface area (Å²) < 4.78 is 4.99. The molecule has 0 amide bonds. The summed E-state index contributed by atoms with van der Waals surface area (Å²) in [7, 11) is 0. The molecule has 0 N–H and O–H groups in total. The molecule has 0 saturated heterocycles. The lowest BCUT2D eigenvalue weighted by molar-refractivity contribution is -0.146. The molecule has 0 saturated carbocycles. The number of hydrogen-bond donors (Lipinski definition) is 0. The highest BCUT2D eigenvalue weighted by atomic mass is 79.9. The Bertz CT molecular complexity index is 268. The van der Waals surface area contributed by atoms with E-state index in [9.17, 15) is 4.79 Å². The number of nitriles is 1. The van der Waals surface area contributed by atoms with Gasteiger partial charge in [-0.15, -0.1) is 0 Å². The van der Waals surface area contributed by atoms with Gasteiger partial charge in [-0.3, -0.25) is 0 Å². The number of esters is 1. The molecule has 1 atom stereocenters. The topological polar surface area (TPSA) is 62.5 Å². The van der Waals surface area contributed by atoms with E-state index in [0.29, 0.717) is 3.53 Å². The minimum atomic E-state index is -1.49. The Morgan fingerprint density at radius 2 is 2.23 bits per heavy atom. The van der Waals surface area contributed by atoms with E-state index in [1.165, 1.54) is 6.92 Å². The van der Waals surface area contributed by atoms with Gasteiger partial charge in [-0.1, -0.05) is 0 Å². The van der Waals surface area contributed by atoms with Crippen molar-refractivity contribution in [1.29, 1.82) is 5.26 Å². The lowest BCUT2D eigenvalue weighted by atomic mass is 10.1. The van der Waals surface area contributed by atoms with Crippen molar-refractivity contribution in [3.8, 4) is 6.07 Å². The van der Waals surface area contributed by atoms with Crippen LogP contribution in [-0.2, 0) is 9.53 Å². The van der Waals surface area contributed by atoms with Gasteiger partial charge in [0.15, 0.2) is 0 Å². The standard InChI is InChI=1S/C7H8Br2N2O2/c1-3-13-5(12)7(2,4-10)11-6(8)9/h3H2,1-2H3. The van der Waals surface area contributed by atoms with Crippen LogP contribution in [0.25, 0.3) is 0 Å². The van der Waals surface area contributed by atoms with Crippen molar-refractivity contribution in [2.45, 2.75) is 19.4 Å². The summed E-state index contributed by atoms with van der Waals surface area (Å²) in [4.78, 5) is 15.0. The first-order valence-electron chi connectivity index (χ1n) is 3.45. The van der Waals surface area contributed by atoms with Crippen molar-refractivity contribution in [3.05, 3.63) is 0 Å². The third kappa shape index (κ3) is 3.87. The number of hydrogen-bond acceptors (Lipinski definition) is 4. The maximum absolute atomic E-state index is 11.2. The predicted molar refractivity (Wildman–Crippen MR) is 55.9 cm³/mol. The second-order valence-corrected chi connectivity index (χ2v) is 4.82. The maximum atomic E-state index is 11.2. The van der Waals surface area contributed by atoms with Crippen molar-refractivity contribution >= 4 is 41.4 Å². The highest BCUT2D eigenvalue weighted by Crippen LogP contribution is 2.15. The lowest BCUT2D eigenvalue weighted by Gasteiger charge is -2.13. The van der Waals surface area contributed by atoms with Crippen LogP contribution in [0.1, 0.15) is 13.8 Å². The van der Waals surface area contributed by atoms with Gasteiger partial charge in [-0.05, 0) is 45.7 Å². The fourth-order valence-electron chi connectivity index (χ4n) is 0.557. The molecule has 0 heterocycles. The summed E-state index contributed by atoms with van der Waals surface area (Å²) in [5, 5.41) is 8.73. The molecular weight excluding hydrogens is 304 g/mol. The van der Waals surface area contributed by atoms with Crippen LogP contribution >= 0.6 is 31.9 Å². The van der Waals surface area contributed by atoms with Crippen molar-refractivity contribution in [2.24, 2.45) is 4.99 Å². The number of halogens is 2. The highest BCUT2D eigenvalue weighted by Gasteiger charge is 2.34. The normalized spacial score (nSPS) is 13.8. The van der Waals surface area contributed by atoms with Crippen LogP contribution < -0.4 is 0 Å². The number of aliphatic imine (C=N–C) groups is 1. The molecule has 0 spiro atoms. The Morgan fingerprint density at radius 3 is 2.54 bits per heavy atom. The van der Waals surface area contributed by atoms with E-state index in [0.717, 1.165) is 0 Å². The number of rotatable bonds is 3. The average molecular weight is 312 g/mol. The summed E-state index contributed by atoms with van der Waals surface area (Å²) in [6.07, 6.45) is 0. The minimum Gasteiger partial charge on any atom is -0.463 e. The van der Waals surface area contributed by atoms with Crippen LogP contribution in [0.4, 0.5) is 0 Å². The fourth-order valence-corrected chi connectivity index (χ4v) is 1.27. The number of carbonyl (C=O) groups excluding carboxylic acids is 1. The summed E-state index contributed by atoms with van der Waals surface area (Å²) in [6.45, 7) is 3.28. The van der Waals surface area contributed by atoms with Crippen LogP contribution in [0, 0.1) is 11.3 Å². The molecule has 0 aromatic rings. The largest absolute Gasteiger partial charge is 0.463 e. The molecule has 1 unspecified atom stereocenters. The van der Waals surface area contributed by atoms with Crippen LogP contribution in [0.15, 0.2) is 4.99 Å². The Balaban J connectivity index is 4.76. The second-order valence-electron chi connectivity index (χ2n) is 2.26. The molecule has 4 nitrogen and oxygen atoms in total. The molecular formula is C7H8Br2N2O2. The van der Waals surface area contributed by atoms with E-state index in [4.69, 9.17) is 5.26 Å². The van der Waals surface area contributed by atoms with E-state index in [-0.39, 0.29) is 6.61 Å². The smallest absolute Gasteiger partial charge is 0.348 e. The average Bonchev–Trinajstić information content (AvgIpc) is 2.03. The van der Waals surface area contributed by atoms with Crippen molar-refractivity contribution in [1.82, 2.24) is 0 Å². The van der Waals surface area contributed by atoms with Crippen molar-refractivity contribution < 1.29 is 9.53 Å². The lowest BCUT2D eigenvalue weighted by Crippen LogP contribution is -2.33. The van der Waals surface area contributed by atoms with E-state index in [2.05, 4.69) is 41.6 Å². The summed E-state index contributed by atoms with van der Waals surface area (Å²) >= 11 is 5.96. The first-order chi connectivity index (χ1) is 5.96. The molecule has 6 heteroatoms. The molecule has 0 rings (SSSR count). The highest BCUT2D eigenvalue weighted by molar-refractivity contribution is 9.39. The first kappa shape index (κ1) is 12.6. The Labute approximate surface area is 93.2 Å². The van der Waals surface area contributed by atoms with Gasteiger partial charge in [0.25, 0.3) is 0 Å². The van der Waals surface area contributed by atoms with Gasteiger partial charge in [-0.2, -0.15) is 5.26 Å². The molecule has 13 heavy (non-hydrogen) atoms. The van der Waals surface area contributed by atoms with Crippen LogP contribution in [0.5, 0.6) is 0 Å². The zero-order valence-corrected chi connectivity index (χ0v) is 10.3.